The number of hydrogen-bond donors (Lipinski definition) is 1. The summed E-state index contributed by atoms with van der Waals surface area (Å²) in [4.78, 5) is 18.0. The number of nitrogens with zero attached hydrogens (tertiary/aromatic N) is 2. The summed E-state index contributed by atoms with van der Waals surface area (Å²) in [6.45, 7) is 7.61. The van der Waals surface area contributed by atoms with E-state index >= 15 is 0 Å². The molecule has 1 aliphatic carbocycles. The largest absolute Gasteiger partial charge is 0.379 e. The van der Waals surface area contributed by atoms with E-state index in [9.17, 15) is 4.79 Å². The van der Waals surface area contributed by atoms with Crippen molar-refractivity contribution in [2.75, 3.05) is 52.5 Å². The molecule has 3 saturated heterocycles. The van der Waals surface area contributed by atoms with E-state index in [0.717, 1.165) is 65.3 Å². The average molecular weight is 380 g/mol. The number of carbonyl (C=O) groups excluding carboxylic acids is 1. The Morgan fingerprint density at radius 1 is 1.08 bits per heavy atom. The van der Waals surface area contributed by atoms with E-state index in [1.54, 1.807) is 0 Å². The third-order valence-electron chi connectivity index (χ3n) is 6.48. The van der Waals surface area contributed by atoms with Crippen LogP contribution in [0.15, 0.2) is 0 Å². The Morgan fingerprint density at radius 3 is 2.67 bits per heavy atom. The highest BCUT2D eigenvalue weighted by atomic mass is 35.5. The second kappa shape index (κ2) is 8.54. The lowest BCUT2D eigenvalue weighted by Gasteiger charge is -2.40. The van der Waals surface area contributed by atoms with Crippen LogP contribution in [0.25, 0.3) is 0 Å². The van der Waals surface area contributed by atoms with Gasteiger partial charge in [0.05, 0.1) is 18.6 Å². The molecule has 1 N–H and O–H groups in total. The molecular formula is C17H31Cl2N3O2. The number of rotatable bonds is 2. The Bertz CT molecular complexity index is 434. The number of hydrogen-bond acceptors (Lipinski definition) is 4. The fourth-order valence-electron chi connectivity index (χ4n) is 5.15. The molecule has 0 aromatic heterocycles. The maximum Gasteiger partial charge on any atom is 0.230 e. The first kappa shape index (κ1) is 20.2. The van der Waals surface area contributed by atoms with Gasteiger partial charge >= 0.3 is 0 Å². The molecule has 0 aromatic rings. The van der Waals surface area contributed by atoms with Gasteiger partial charge in [0.25, 0.3) is 0 Å². The number of carbonyl (C=O) groups is 1. The zero-order chi connectivity index (χ0) is 15.0. The minimum atomic E-state index is -0.0713. The van der Waals surface area contributed by atoms with Gasteiger partial charge in [0.15, 0.2) is 0 Å². The second-order valence-corrected chi connectivity index (χ2v) is 7.57. The van der Waals surface area contributed by atoms with Crippen molar-refractivity contribution in [2.45, 2.75) is 38.1 Å². The summed E-state index contributed by atoms with van der Waals surface area (Å²) < 4.78 is 5.45. The van der Waals surface area contributed by atoms with Crippen LogP contribution in [-0.4, -0.2) is 74.2 Å². The predicted octanol–water partition coefficient (Wildman–Crippen LogP) is 1.54. The van der Waals surface area contributed by atoms with E-state index in [0.29, 0.717) is 17.9 Å². The third-order valence-corrected chi connectivity index (χ3v) is 6.48. The molecule has 3 atom stereocenters. The Hall–Kier alpha value is -0.0700. The summed E-state index contributed by atoms with van der Waals surface area (Å²) in [6.07, 6.45) is 6.00. The fourth-order valence-corrected chi connectivity index (χ4v) is 5.15. The van der Waals surface area contributed by atoms with Crippen molar-refractivity contribution in [2.24, 2.45) is 11.3 Å². The molecule has 4 aliphatic rings. The Morgan fingerprint density at radius 2 is 1.88 bits per heavy atom. The van der Waals surface area contributed by atoms with E-state index in [1.807, 2.05) is 0 Å². The standard InChI is InChI=1S/C17H29N3O2.2ClH/c21-16(17-5-2-1-3-14(17)11-18-13-17)20-6-4-15(12-20)19-7-9-22-10-8-19;;/h14-15,18H,1-13H2;2*1H/t14-,15?,17+;;/m0../s1. The topological polar surface area (TPSA) is 44.8 Å². The number of amides is 1. The van der Waals surface area contributed by atoms with Crippen molar-refractivity contribution in [3.63, 3.8) is 0 Å². The van der Waals surface area contributed by atoms with Crippen LogP contribution >= 0.6 is 24.8 Å². The summed E-state index contributed by atoms with van der Waals surface area (Å²) in [5, 5.41) is 3.51. The maximum absolute atomic E-state index is 13.3. The zero-order valence-electron chi connectivity index (χ0n) is 14.4. The van der Waals surface area contributed by atoms with Gasteiger partial charge in [-0.3, -0.25) is 9.69 Å². The number of ether oxygens (including phenoxy) is 1. The number of morpholine rings is 1. The van der Waals surface area contributed by atoms with Gasteiger partial charge in [-0.15, -0.1) is 24.8 Å². The molecule has 7 heteroatoms. The van der Waals surface area contributed by atoms with Gasteiger partial charge in [-0.2, -0.15) is 0 Å². The normalized spacial score (nSPS) is 36.6. The molecule has 3 aliphatic heterocycles. The van der Waals surface area contributed by atoms with E-state index in [4.69, 9.17) is 4.74 Å². The summed E-state index contributed by atoms with van der Waals surface area (Å²) in [5.74, 6) is 1.04. The van der Waals surface area contributed by atoms with Crippen molar-refractivity contribution in [3.05, 3.63) is 0 Å². The highest BCUT2D eigenvalue weighted by Crippen LogP contribution is 2.45. The Kier molecular flexibility index (Phi) is 7.21. The molecule has 24 heavy (non-hydrogen) atoms. The molecule has 0 spiro atoms. The lowest BCUT2D eigenvalue weighted by Crippen LogP contribution is -2.50. The van der Waals surface area contributed by atoms with Gasteiger partial charge in [-0.1, -0.05) is 12.8 Å². The molecule has 1 amide bonds. The molecule has 3 heterocycles. The van der Waals surface area contributed by atoms with Gasteiger partial charge in [-0.05, 0) is 31.7 Å². The predicted molar refractivity (Wildman–Crippen MR) is 99.1 cm³/mol. The summed E-state index contributed by atoms with van der Waals surface area (Å²) in [6, 6.07) is 0.556. The first-order chi connectivity index (χ1) is 10.8. The first-order valence-electron chi connectivity index (χ1n) is 9.11. The van der Waals surface area contributed by atoms with Gasteiger partial charge in [0.2, 0.25) is 5.91 Å². The first-order valence-corrected chi connectivity index (χ1v) is 9.11. The van der Waals surface area contributed by atoms with Crippen molar-refractivity contribution in [1.29, 1.82) is 0 Å². The van der Waals surface area contributed by atoms with Crippen molar-refractivity contribution < 1.29 is 9.53 Å². The van der Waals surface area contributed by atoms with Crippen LogP contribution in [-0.2, 0) is 9.53 Å². The molecule has 4 fully saturated rings. The molecule has 1 unspecified atom stereocenters. The summed E-state index contributed by atoms with van der Waals surface area (Å²) in [5.41, 5.74) is -0.0713. The van der Waals surface area contributed by atoms with E-state index < -0.39 is 0 Å². The molecule has 0 bridgehead atoms. The van der Waals surface area contributed by atoms with Crippen LogP contribution in [0.4, 0.5) is 0 Å². The van der Waals surface area contributed by atoms with Crippen LogP contribution in [0.5, 0.6) is 0 Å². The van der Waals surface area contributed by atoms with Gasteiger partial charge in [0.1, 0.15) is 0 Å². The molecule has 4 rings (SSSR count). The molecule has 5 nitrogen and oxygen atoms in total. The number of halogens is 2. The van der Waals surface area contributed by atoms with Crippen molar-refractivity contribution >= 4 is 30.7 Å². The number of likely N-dealkylation sites (tertiary alicyclic amines) is 1. The lowest BCUT2D eigenvalue weighted by atomic mass is 9.67. The maximum atomic E-state index is 13.3. The minimum absolute atomic E-state index is 0. The van der Waals surface area contributed by atoms with Gasteiger partial charge in [0, 0.05) is 38.8 Å². The molecule has 140 valence electrons. The Labute approximate surface area is 157 Å². The number of nitrogens with one attached hydrogen (secondary N) is 1. The molecule has 0 aromatic carbocycles. The van der Waals surface area contributed by atoms with Crippen LogP contribution < -0.4 is 5.32 Å². The van der Waals surface area contributed by atoms with Gasteiger partial charge < -0.3 is 15.0 Å². The smallest absolute Gasteiger partial charge is 0.230 e. The average Bonchev–Trinajstić information content (AvgIpc) is 3.22. The van der Waals surface area contributed by atoms with E-state index in [-0.39, 0.29) is 30.2 Å². The minimum Gasteiger partial charge on any atom is -0.379 e. The summed E-state index contributed by atoms with van der Waals surface area (Å²) in [7, 11) is 0. The van der Waals surface area contributed by atoms with E-state index in [1.165, 1.54) is 19.3 Å². The second-order valence-electron chi connectivity index (χ2n) is 7.57. The number of fused-ring (bicyclic) bond motifs is 1. The highest BCUT2D eigenvalue weighted by Gasteiger charge is 2.52. The van der Waals surface area contributed by atoms with Crippen LogP contribution in [0, 0.1) is 11.3 Å². The summed E-state index contributed by atoms with van der Waals surface area (Å²) >= 11 is 0. The molecule has 0 radical (unpaired) electrons. The van der Waals surface area contributed by atoms with Crippen LogP contribution in [0.1, 0.15) is 32.1 Å². The van der Waals surface area contributed by atoms with Crippen molar-refractivity contribution in [3.8, 4) is 0 Å². The quantitative estimate of drug-likeness (QED) is 0.790. The van der Waals surface area contributed by atoms with Crippen molar-refractivity contribution in [1.82, 2.24) is 15.1 Å². The Balaban J connectivity index is 0.00000104. The third kappa shape index (κ3) is 3.56. The zero-order valence-corrected chi connectivity index (χ0v) is 16.0. The van der Waals surface area contributed by atoms with E-state index in [2.05, 4.69) is 15.1 Å². The molecule has 1 saturated carbocycles. The highest BCUT2D eigenvalue weighted by molar-refractivity contribution is 5.85. The fraction of sp³-hybridized carbons (Fsp3) is 0.941. The lowest BCUT2D eigenvalue weighted by molar-refractivity contribution is -0.144. The molecular weight excluding hydrogens is 349 g/mol. The van der Waals surface area contributed by atoms with Crippen LogP contribution in [0.2, 0.25) is 0 Å². The monoisotopic (exact) mass is 379 g/mol. The van der Waals surface area contributed by atoms with Gasteiger partial charge in [-0.25, -0.2) is 0 Å². The van der Waals surface area contributed by atoms with Crippen LogP contribution in [0.3, 0.4) is 0 Å². The SMILES string of the molecule is Cl.Cl.O=C(N1CCC(N2CCOCC2)C1)[C@@]12CCCC[C@H]1CNC2.